The van der Waals surface area contributed by atoms with Gasteiger partial charge in [-0.2, -0.15) is 12.6 Å². The van der Waals surface area contributed by atoms with Crippen molar-refractivity contribution in [3.8, 4) is 0 Å². The van der Waals surface area contributed by atoms with E-state index < -0.39 is 83.5 Å². The zero-order valence-electron chi connectivity index (χ0n) is 36.8. The van der Waals surface area contributed by atoms with Crippen molar-refractivity contribution in [3.63, 3.8) is 0 Å². The SMILES string of the molecule is CCCCCCCCCCCCCCCC(=O)O[C@@H](COC(=O)CCCCCCCCCCCCCCCCS)COP(=O)(O)OC1C(O)[C@@H](OP(=O)(O)O)C(O)[C@@H](O)[C@H]1O. The molecule has 0 saturated heterocycles. The van der Waals surface area contributed by atoms with Crippen LogP contribution in [0, 0.1) is 0 Å². The fourth-order valence-electron chi connectivity index (χ4n) is 7.36. The third kappa shape index (κ3) is 30.2. The van der Waals surface area contributed by atoms with E-state index in [4.69, 9.17) is 28.3 Å². The Morgan fingerprint density at radius 2 is 0.885 bits per heavy atom. The molecule has 16 nitrogen and oxygen atoms in total. The Bertz CT molecular complexity index is 1210. The molecule has 0 bridgehead atoms. The zero-order chi connectivity index (χ0) is 45.4. The van der Waals surface area contributed by atoms with Crippen molar-refractivity contribution < 1.29 is 76.9 Å². The molecule has 1 aliphatic rings. The predicted molar refractivity (Wildman–Crippen MR) is 236 cm³/mol. The van der Waals surface area contributed by atoms with Gasteiger partial charge in [0, 0.05) is 12.8 Å². The molecule has 0 aliphatic heterocycles. The van der Waals surface area contributed by atoms with Crippen molar-refractivity contribution in [2.24, 2.45) is 0 Å². The summed E-state index contributed by atoms with van der Waals surface area (Å²) in [6.45, 7) is 0.884. The molecule has 0 heterocycles. The van der Waals surface area contributed by atoms with Gasteiger partial charge < -0.3 is 44.6 Å². The van der Waals surface area contributed by atoms with Crippen molar-refractivity contribution in [1.29, 1.82) is 0 Å². The normalized spacial score (nSPS) is 22.2. The summed E-state index contributed by atoms with van der Waals surface area (Å²) < 4.78 is 49.3. The summed E-state index contributed by atoms with van der Waals surface area (Å²) >= 11 is 4.25. The van der Waals surface area contributed by atoms with Crippen LogP contribution in [0.5, 0.6) is 0 Å². The molecular weight excluding hydrogens is 854 g/mol. The highest BCUT2D eigenvalue weighted by atomic mass is 32.1. The number of hydrogen-bond acceptors (Lipinski definition) is 14. The Labute approximate surface area is 370 Å². The predicted octanol–water partition coefficient (Wildman–Crippen LogP) is 8.14. The van der Waals surface area contributed by atoms with Crippen LogP contribution in [0.2, 0.25) is 0 Å². The number of phosphoric acid groups is 2. The number of rotatable bonds is 40. The number of carbonyl (C=O) groups excluding carboxylic acids is 2. The van der Waals surface area contributed by atoms with E-state index in [-0.39, 0.29) is 12.8 Å². The van der Waals surface area contributed by atoms with Gasteiger partial charge >= 0.3 is 27.6 Å². The van der Waals surface area contributed by atoms with Crippen molar-refractivity contribution >= 4 is 40.2 Å². The van der Waals surface area contributed by atoms with Gasteiger partial charge in [0.1, 0.15) is 43.2 Å². The first-order chi connectivity index (χ1) is 29.1. The molecule has 1 aliphatic carbocycles. The van der Waals surface area contributed by atoms with E-state index in [9.17, 15) is 44.0 Å². The molecule has 7 N–H and O–H groups in total. The molecule has 0 spiro atoms. The van der Waals surface area contributed by atoms with Crippen LogP contribution in [0.1, 0.15) is 193 Å². The maximum Gasteiger partial charge on any atom is 0.472 e. The standard InChI is InChI=1S/C42H82O16P2S/c1-2-3-4-5-6-7-8-11-15-18-21-24-27-30-36(44)56-34(32-54-35(43)29-26-23-20-17-14-12-9-10-13-16-19-22-25-28-31-61)33-55-60(52,53)58-42-39(47)37(45)38(46)41(40(42)48)57-59(49,50)51/h34,37-42,45-48,61H,2-33H2,1H3,(H,52,53)(H2,49,50,51)/t34-,37+,38?,39+,40?,41-,42?/m0/s1. The average Bonchev–Trinajstić information content (AvgIpc) is 3.21. The summed E-state index contributed by atoms with van der Waals surface area (Å²) in [5, 5.41) is 41.2. The van der Waals surface area contributed by atoms with Crippen LogP contribution in [0.25, 0.3) is 0 Å². The number of phosphoric ester groups is 2. The van der Waals surface area contributed by atoms with E-state index >= 15 is 0 Å². The first-order valence-electron chi connectivity index (χ1n) is 23.2. The lowest BCUT2D eigenvalue weighted by atomic mass is 9.85. The minimum atomic E-state index is -5.36. The highest BCUT2D eigenvalue weighted by Gasteiger charge is 2.54. The smallest absolute Gasteiger partial charge is 0.462 e. The average molecular weight is 937 g/mol. The summed E-state index contributed by atoms with van der Waals surface area (Å²) in [7, 11) is -10.7. The lowest BCUT2D eigenvalue weighted by molar-refractivity contribution is -0.216. The summed E-state index contributed by atoms with van der Waals surface area (Å²) in [5.74, 6) is -0.230. The Kier molecular flexibility index (Phi) is 34.1. The Morgan fingerprint density at radius 3 is 1.30 bits per heavy atom. The van der Waals surface area contributed by atoms with Crippen LogP contribution in [-0.2, 0) is 41.8 Å². The minimum Gasteiger partial charge on any atom is -0.462 e. The number of carbonyl (C=O) groups is 2. The highest BCUT2D eigenvalue weighted by molar-refractivity contribution is 7.80. The van der Waals surface area contributed by atoms with Gasteiger partial charge in [-0.15, -0.1) is 0 Å². The molecule has 0 radical (unpaired) electrons. The maximum atomic E-state index is 13.0. The Hall–Kier alpha value is -0.650. The minimum absolute atomic E-state index is 0.0497. The van der Waals surface area contributed by atoms with Gasteiger partial charge in [-0.05, 0) is 25.0 Å². The third-order valence-electron chi connectivity index (χ3n) is 11.0. The number of aliphatic hydroxyl groups excluding tert-OH is 4. The Balaban J connectivity index is 2.58. The number of thiol groups is 1. The molecule has 1 saturated carbocycles. The number of unbranched alkanes of at least 4 members (excludes halogenated alkanes) is 25. The van der Waals surface area contributed by atoms with Crippen LogP contribution in [0.15, 0.2) is 0 Å². The lowest BCUT2D eigenvalue weighted by Crippen LogP contribution is -2.64. The van der Waals surface area contributed by atoms with Crippen LogP contribution < -0.4 is 0 Å². The van der Waals surface area contributed by atoms with Gasteiger partial charge in [0.25, 0.3) is 0 Å². The monoisotopic (exact) mass is 936 g/mol. The van der Waals surface area contributed by atoms with Gasteiger partial charge in [0.2, 0.25) is 0 Å². The quantitative estimate of drug-likeness (QED) is 0.0125. The van der Waals surface area contributed by atoms with Crippen LogP contribution in [-0.4, -0.2) is 109 Å². The van der Waals surface area contributed by atoms with Crippen LogP contribution in [0.3, 0.4) is 0 Å². The molecule has 19 heteroatoms. The fraction of sp³-hybridized carbons (Fsp3) is 0.952. The fourth-order valence-corrected chi connectivity index (χ4v) is 9.12. The van der Waals surface area contributed by atoms with Crippen LogP contribution >= 0.6 is 28.3 Å². The molecule has 1 rings (SSSR count). The maximum absolute atomic E-state index is 13.0. The van der Waals surface area contributed by atoms with Crippen molar-refractivity contribution in [2.75, 3.05) is 19.0 Å². The number of hydrogen-bond donors (Lipinski definition) is 8. The largest absolute Gasteiger partial charge is 0.472 e. The highest BCUT2D eigenvalue weighted by Crippen LogP contribution is 2.49. The number of esters is 2. The van der Waals surface area contributed by atoms with E-state index in [1.807, 2.05) is 0 Å². The second-order valence-corrected chi connectivity index (χ2v) is 19.6. The summed E-state index contributed by atoms with van der Waals surface area (Å²) in [6.07, 6.45) is 16.1. The molecule has 61 heavy (non-hydrogen) atoms. The number of aliphatic hydroxyl groups is 4. The van der Waals surface area contributed by atoms with Gasteiger partial charge in [-0.3, -0.25) is 23.2 Å². The molecule has 0 aromatic carbocycles. The molecular formula is C42H82O16P2S. The first kappa shape index (κ1) is 58.4. The van der Waals surface area contributed by atoms with Crippen LogP contribution in [0.4, 0.5) is 0 Å². The van der Waals surface area contributed by atoms with E-state index in [0.29, 0.717) is 12.8 Å². The molecule has 8 atom stereocenters. The van der Waals surface area contributed by atoms with Crippen molar-refractivity contribution in [2.45, 2.75) is 236 Å². The number of ether oxygens (including phenoxy) is 2. The molecule has 0 amide bonds. The molecule has 362 valence electrons. The summed E-state index contributed by atoms with van der Waals surface area (Å²) in [4.78, 5) is 54.2. The van der Waals surface area contributed by atoms with Gasteiger partial charge in [-0.1, -0.05) is 161 Å². The third-order valence-corrected chi connectivity index (χ3v) is 12.8. The lowest BCUT2D eigenvalue weighted by Gasteiger charge is -2.43. The molecule has 0 aromatic heterocycles. The molecule has 1 fully saturated rings. The Morgan fingerprint density at radius 1 is 0.508 bits per heavy atom. The second-order valence-electron chi connectivity index (χ2n) is 16.6. The van der Waals surface area contributed by atoms with Gasteiger partial charge in [0.15, 0.2) is 6.10 Å². The van der Waals surface area contributed by atoms with E-state index in [1.54, 1.807) is 0 Å². The topological polar surface area (TPSA) is 256 Å². The van der Waals surface area contributed by atoms with E-state index in [0.717, 1.165) is 57.1 Å². The van der Waals surface area contributed by atoms with Crippen molar-refractivity contribution in [1.82, 2.24) is 0 Å². The first-order valence-corrected chi connectivity index (χ1v) is 26.9. The molecule has 0 aromatic rings. The van der Waals surface area contributed by atoms with Crippen molar-refractivity contribution in [3.05, 3.63) is 0 Å². The van der Waals surface area contributed by atoms with E-state index in [2.05, 4.69) is 24.1 Å². The van der Waals surface area contributed by atoms with Gasteiger partial charge in [-0.25, -0.2) is 9.13 Å². The zero-order valence-corrected chi connectivity index (χ0v) is 39.5. The van der Waals surface area contributed by atoms with E-state index in [1.165, 1.54) is 109 Å². The second kappa shape index (κ2) is 35.6. The van der Waals surface area contributed by atoms with Gasteiger partial charge in [0.05, 0.1) is 6.61 Å². The summed E-state index contributed by atoms with van der Waals surface area (Å²) in [6, 6.07) is 0. The summed E-state index contributed by atoms with van der Waals surface area (Å²) in [5.41, 5.74) is 0. The molecule has 4 unspecified atom stereocenters.